The summed E-state index contributed by atoms with van der Waals surface area (Å²) in [6.45, 7) is 4.76. The van der Waals surface area contributed by atoms with Crippen molar-refractivity contribution in [2.24, 2.45) is 5.92 Å². The lowest BCUT2D eigenvalue weighted by Gasteiger charge is -2.23. The molecular formula is C18H20F2N4. The highest BCUT2D eigenvalue weighted by molar-refractivity contribution is 5.37. The van der Waals surface area contributed by atoms with Gasteiger partial charge in [-0.1, -0.05) is 26.0 Å². The third-order valence-electron chi connectivity index (χ3n) is 4.07. The van der Waals surface area contributed by atoms with E-state index in [-0.39, 0.29) is 12.0 Å². The average Bonchev–Trinajstić information content (AvgIpc) is 2.97. The number of rotatable bonds is 6. The fraction of sp³-hybridized carbons (Fsp3) is 0.333. The summed E-state index contributed by atoms with van der Waals surface area (Å²) in [6.07, 6.45) is 2.62. The Balaban J connectivity index is 1.69. The van der Waals surface area contributed by atoms with E-state index in [4.69, 9.17) is 0 Å². The first-order valence-corrected chi connectivity index (χ1v) is 8.03. The topological polar surface area (TPSA) is 42.2 Å². The van der Waals surface area contributed by atoms with Crippen LogP contribution in [0.15, 0.2) is 42.6 Å². The predicted octanol–water partition coefficient (Wildman–Crippen LogP) is 3.54. The van der Waals surface area contributed by atoms with E-state index in [0.717, 1.165) is 17.0 Å². The van der Waals surface area contributed by atoms with Crippen molar-refractivity contribution in [3.8, 4) is 0 Å². The number of hydrogen-bond donors (Lipinski definition) is 1. The smallest absolute Gasteiger partial charge is 0.160 e. The van der Waals surface area contributed by atoms with Crippen LogP contribution in [0.4, 0.5) is 8.78 Å². The van der Waals surface area contributed by atoms with Gasteiger partial charge in [0.25, 0.3) is 0 Å². The Morgan fingerprint density at radius 1 is 1.08 bits per heavy atom. The summed E-state index contributed by atoms with van der Waals surface area (Å²) in [6, 6.07) is 9.77. The van der Waals surface area contributed by atoms with Crippen LogP contribution in [0.2, 0.25) is 0 Å². The molecule has 24 heavy (non-hydrogen) atoms. The Bertz CT molecular complexity index is 829. The monoisotopic (exact) mass is 330 g/mol. The Hall–Kier alpha value is -2.34. The molecule has 2 heterocycles. The standard InChI is InChI=1S/C18H20F2N4/c1-12(2)18(13-6-7-14(19)15(20)11-13)21-9-8-17-23-22-16-5-3-4-10-24(16)17/h3-7,10-12,18,21H,8-9H2,1-2H3. The highest BCUT2D eigenvalue weighted by atomic mass is 19.2. The van der Waals surface area contributed by atoms with Crippen LogP contribution in [0, 0.1) is 17.6 Å². The van der Waals surface area contributed by atoms with Gasteiger partial charge in [-0.15, -0.1) is 10.2 Å². The van der Waals surface area contributed by atoms with Crippen LogP contribution in [-0.4, -0.2) is 21.1 Å². The molecule has 0 aliphatic carbocycles. The number of nitrogens with zero attached hydrogens (tertiary/aromatic N) is 3. The highest BCUT2D eigenvalue weighted by Gasteiger charge is 2.17. The first-order chi connectivity index (χ1) is 11.6. The summed E-state index contributed by atoms with van der Waals surface area (Å²) < 4.78 is 28.6. The second-order valence-corrected chi connectivity index (χ2v) is 6.14. The Morgan fingerprint density at radius 2 is 1.92 bits per heavy atom. The molecule has 6 heteroatoms. The van der Waals surface area contributed by atoms with E-state index >= 15 is 0 Å². The van der Waals surface area contributed by atoms with E-state index in [0.29, 0.717) is 13.0 Å². The lowest BCUT2D eigenvalue weighted by atomic mass is 9.95. The van der Waals surface area contributed by atoms with Crippen LogP contribution in [0.3, 0.4) is 0 Å². The molecule has 0 spiro atoms. The van der Waals surface area contributed by atoms with Gasteiger partial charge in [-0.25, -0.2) is 8.78 Å². The van der Waals surface area contributed by atoms with Crippen LogP contribution in [0.25, 0.3) is 5.65 Å². The lowest BCUT2D eigenvalue weighted by molar-refractivity contribution is 0.408. The van der Waals surface area contributed by atoms with Crippen LogP contribution in [-0.2, 0) is 6.42 Å². The van der Waals surface area contributed by atoms with E-state index in [2.05, 4.69) is 15.5 Å². The van der Waals surface area contributed by atoms with Gasteiger partial charge in [-0.2, -0.15) is 0 Å². The molecule has 2 aromatic heterocycles. The van der Waals surface area contributed by atoms with Gasteiger partial charge >= 0.3 is 0 Å². The molecule has 1 N–H and O–H groups in total. The van der Waals surface area contributed by atoms with Gasteiger partial charge in [-0.3, -0.25) is 4.40 Å². The summed E-state index contributed by atoms with van der Waals surface area (Å²) in [5.74, 6) is -0.532. The third-order valence-corrected chi connectivity index (χ3v) is 4.07. The molecule has 0 fully saturated rings. The van der Waals surface area contributed by atoms with Gasteiger partial charge < -0.3 is 5.32 Å². The summed E-state index contributed by atoms with van der Waals surface area (Å²) in [4.78, 5) is 0. The van der Waals surface area contributed by atoms with Crippen LogP contribution < -0.4 is 5.32 Å². The Kier molecular flexibility index (Phi) is 4.85. The number of nitrogens with one attached hydrogen (secondary N) is 1. The van der Waals surface area contributed by atoms with Crippen molar-refractivity contribution in [2.75, 3.05) is 6.54 Å². The minimum atomic E-state index is -0.823. The summed E-state index contributed by atoms with van der Waals surface area (Å²) in [5.41, 5.74) is 1.56. The molecule has 126 valence electrons. The van der Waals surface area contributed by atoms with Crippen molar-refractivity contribution < 1.29 is 8.78 Å². The summed E-state index contributed by atoms with van der Waals surface area (Å²) in [5, 5.41) is 11.7. The Morgan fingerprint density at radius 3 is 2.67 bits per heavy atom. The van der Waals surface area contributed by atoms with Gasteiger partial charge in [0.1, 0.15) is 5.82 Å². The van der Waals surface area contributed by atoms with E-state index in [9.17, 15) is 8.78 Å². The highest BCUT2D eigenvalue weighted by Crippen LogP contribution is 2.23. The second-order valence-electron chi connectivity index (χ2n) is 6.14. The molecule has 1 aromatic carbocycles. The normalized spacial score (nSPS) is 12.9. The van der Waals surface area contributed by atoms with E-state index in [1.165, 1.54) is 12.1 Å². The molecule has 1 unspecified atom stereocenters. The zero-order valence-electron chi connectivity index (χ0n) is 13.7. The molecule has 0 amide bonds. The van der Waals surface area contributed by atoms with Crippen molar-refractivity contribution >= 4 is 5.65 Å². The van der Waals surface area contributed by atoms with Crippen molar-refractivity contribution in [1.82, 2.24) is 19.9 Å². The first-order valence-electron chi connectivity index (χ1n) is 8.03. The predicted molar refractivity (Wildman–Crippen MR) is 88.6 cm³/mol. The van der Waals surface area contributed by atoms with Crippen molar-refractivity contribution in [3.05, 3.63) is 65.6 Å². The largest absolute Gasteiger partial charge is 0.309 e. The maximum Gasteiger partial charge on any atom is 0.160 e. The molecular weight excluding hydrogens is 310 g/mol. The quantitative estimate of drug-likeness (QED) is 0.752. The SMILES string of the molecule is CC(C)C(NCCc1nnc2ccccn12)c1ccc(F)c(F)c1. The minimum absolute atomic E-state index is 0.0562. The zero-order valence-corrected chi connectivity index (χ0v) is 13.7. The van der Waals surface area contributed by atoms with Gasteiger partial charge in [0.05, 0.1) is 0 Å². The fourth-order valence-electron chi connectivity index (χ4n) is 2.85. The van der Waals surface area contributed by atoms with Crippen molar-refractivity contribution in [3.63, 3.8) is 0 Å². The van der Waals surface area contributed by atoms with Crippen LogP contribution in [0.1, 0.15) is 31.3 Å². The van der Waals surface area contributed by atoms with Crippen LogP contribution in [0.5, 0.6) is 0 Å². The summed E-state index contributed by atoms with van der Waals surface area (Å²) in [7, 11) is 0. The Labute approximate surface area is 139 Å². The molecule has 0 aliphatic rings. The van der Waals surface area contributed by atoms with Crippen molar-refractivity contribution in [2.45, 2.75) is 26.3 Å². The molecule has 1 atom stereocenters. The van der Waals surface area contributed by atoms with E-state index < -0.39 is 11.6 Å². The number of fused-ring (bicyclic) bond motifs is 1. The van der Waals surface area contributed by atoms with Gasteiger partial charge in [-0.05, 0) is 35.7 Å². The number of hydrogen-bond acceptors (Lipinski definition) is 3. The maximum atomic E-state index is 13.5. The van der Waals surface area contributed by atoms with Crippen molar-refractivity contribution in [1.29, 1.82) is 0 Å². The van der Waals surface area contributed by atoms with E-state index in [1.807, 2.05) is 42.6 Å². The molecule has 0 radical (unpaired) electrons. The number of halogens is 2. The minimum Gasteiger partial charge on any atom is -0.309 e. The molecule has 0 bridgehead atoms. The van der Waals surface area contributed by atoms with E-state index in [1.54, 1.807) is 6.07 Å². The lowest BCUT2D eigenvalue weighted by Crippen LogP contribution is -2.28. The fourth-order valence-corrected chi connectivity index (χ4v) is 2.85. The zero-order chi connectivity index (χ0) is 17.1. The molecule has 0 aliphatic heterocycles. The number of aromatic nitrogens is 3. The first kappa shape index (κ1) is 16.5. The molecule has 3 rings (SSSR count). The molecule has 4 nitrogen and oxygen atoms in total. The third kappa shape index (κ3) is 3.43. The summed E-state index contributed by atoms with van der Waals surface area (Å²) >= 11 is 0. The van der Waals surface area contributed by atoms with Gasteiger partial charge in [0, 0.05) is 25.2 Å². The molecule has 0 saturated heterocycles. The van der Waals surface area contributed by atoms with Gasteiger partial charge in [0.15, 0.2) is 17.3 Å². The van der Waals surface area contributed by atoms with Crippen LogP contribution >= 0.6 is 0 Å². The number of benzene rings is 1. The average molecular weight is 330 g/mol. The molecule has 0 saturated carbocycles. The van der Waals surface area contributed by atoms with Gasteiger partial charge in [0.2, 0.25) is 0 Å². The second kappa shape index (κ2) is 7.05. The maximum absolute atomic E-state index is 13.5. The molecule has 3 aromatic rings. The number of pyridine rings is 1.